The zero-order chi connectivity index (χ0) is 10.1. The molecule has 0 saturated carbocycles. The highest BCUT2D eigenvalue weighted by atomic mass is 19.2. The second-order valence-corrected chi connectivity index (χ2v) is 3.57. The molecule has 1 aliphatic rings. The monoisotopic (exact) mass is 198 g/mol. The molecule has 1 aliphatic heterocycles. The first-order chi connectivity index (χ1) is 6.68. The summed E-state index contributed by atoms with van der Waals surface area (Å²) in [5.41, 5.74) is 6.01. The van der Waals surface area contributed by atoms with Crippen LogP contribution < -0.4 is 10.6 Å². The zero-order valence-electron chi connectivity index (χ0n) is 7.71. The molecule has 2 rings (SSSR count). The average molecular weight is 198 g/mol. The highest BCUT2D eigenvalue weighted by Crippen LogP contribution is 2.24. The molecule has 14 heavy (non-hydrogen) atoms. The van der Waals surface area contributed by atoms with Crippen molar-refractivity contribution in [3.05, 3.63) is 29.8 Å². The van der Waals surface area contributed by atoms with Crippen molar-refractivity contribution in [1.29, 1.82) is 0 Å². The van der Waals surface area contributed by atoms with E-state index >= 15 is 0 Å². The highest BCUT2D eigenvalue weighted by molar-refractivity contribution is 5.49. The zero-order valence-corrected chi connectivity index (χ0v) is 7.71. The van der Waals surface area contributed by atoms with Gasteiger partial charge in [-0.1, -0.05) is 6.07 Å². The normalized spacial score (nSPS) is 21.6. The molecule has 0 aliphatic carbocycles. The molecule has 1 aromatic rings. The topological polar surface area (TPSA) is 29.3 Å². The maximum Gasteiger partial charge on any atom is 0.182 e. The van der Waals surface area contributed by atoms with Crippen molar-refractivity contribution in [1.82, 2.24) is 0 Å². The lowest BCUT2D eigenvalue weighted by Gasteiger charge is -2.18. The minimum atomic E-state index is -0.803. The van der Waals surface area contributed by atoms with Crippen molar-refractivity contribution in [2.45, 2.75) is 12.5 Å². The average Bonchev–Trinajstić information content (AvgIpc) is 2.57. The Hall–Kier alpha value is -1.16. The van der Waals surface area contributed by atoms with E-state index < -0.39 is 11.6 Å². The van der Waals surface area contributed by atoms with Crippen LogP contribution >= 0.6 is 0 Å². The van der Waals surface area contributed by atoms with Gasteiger partial charge in [-0.2, -0.15) is 0 Å². The highest BCUT2D eigenvalue weighted by Gasteiger charge is 2.22. The summed E-state index contributed by atoms with van der Waals surface area (Å²) in [6.07, 6.45) is 0.829. The number of benzene rings is 1. The van der Waals surface area contributed by atoms with Crippen LogP contribution in [0.25, 0.3) is 0 Å². The molecule has 0 aromatic heterocycles. The van der Waals surface area contributed by atoms with E-state index in [1.165, 1.54) is 6.07 Å². The lowest BCUT2D eigenvalue weighted by molar-refractivity contribution is 0.507. The van der Waals surface area contributed by atoms with Crippen LogP contribution in [0.2, 0.25) is 0 Å². The van der Waals surface area contributed by atoms with Crippen LogP contribution in [0.15, 0.2) is 18.2 Å². The van der Waals surface area contributed by atoms with E-state index in [4.69, 9.17) is 5.73 Å². The molecular weight excluding hydrogens is 186 g/mol. The first kappa shape index (κ1) is 9.40. The quantitative estimate of drug-likeness (QED) is 0.741. The summed E-state index contributed by atoms with van der Waals surface area (Å²) in [5, 5.41) is 0. The molecule has 1 fully saturated rings. The van der Waals surface area contributed by atoms with Gasteiger partial charge in [-0.05, 0) is 18.6 Å². The number of halogens is 2. The van der Waals surface area contributed by atoms with Gasteiger partial charge in [0.15, 0.2) is 11.6 Å². The molecule has 0 amide bonds. The van der Waals surface area contributed by atoms with Crippen LogP contribution in [0.5, 0.6) is 0 Å². The summed E-state index contributed by atoms with van der Waals surface area (Å²) in [6.45, 7) is 1.29. The van der Waals surface area contributed by atoms with Gasteiger partial charge in [0.25, 0.3) is 0 Å². The largest absolute Gasteiger partial charge is 0.367 e. The number of hydrogen-bond donors (Lipinski definition) is 1. The summed E-state index contributed by atoms with van der Waals surface area (Å²) < 4.78 is 26.2. The number of rotatable bonds is 1. The van der Waals surface area contributed by atoms with Gasteiger partial charge in [0, 0.05) is 19.1 Å². The van der Waals surface area contributed by atoms with Crippen molar-refractivity contribution in [3.8, 4) is 0 Å². The van der Waals surface area contributed by atoms with Crippen LogP contribution in [-0.4, -0.2) is 19.1 Å². The molecule has 2 N–H and O–H groups in total. The maximum absolute atomic E-state index is 13.3. The van der Waals surface area contributed by atoms with Gasteiger partial charge in [-0.15, -0.1) is 0 Å². The Labute approximate surface area is 81.3 Å². The van der Waals surface area contributed by atoms with Crippen LogP contribution in [0.4, 0.5) is 14.5 Å². The number of nitrogens with two attached hydrogens (primary N) is 1. The summed E-state index contributed by atoms with van der Waals surface area (Å²) in [6, 6.07) is 4.28. The predicted octanol–water partition coefficient (Wildman–Crippen LogP) is 1.50. The Morgan fingerprint density at radius 1 is 1.36 bits per heavy atom. The van der Waals surface area contributed by atoms with Gasteiger partial charge in [0.2, 0.25) is 0 Å². The van der Waals surface area contributed by atoms with Crippen molar-refractivity contribution < 1.29 is 8.78 Å². The van der Waals surface area contributed by atoms with Gasteiger partial charge >= 0.3 is 0 Å². The Kier molecular flexibility index (Phi) is 2.37. The minimum absolute atomic E-state index is 0.0673. The van der Waals surface area contributed by atoms with E-state index in [2.05, 4.69) is 0 Å². The van der Waals surface area contributed by atoms with Crippen molar-refractivity contribution in [2.24, 2.45) is 5.73 Å². The third kappa shape index (κ3) is 1.57. The summed E-state index contributed by atoms with van der Waals surface area (Å²) >= 11 is 0. The lowest BCUT2D eigenvalue weighted by Crippen LogP contribution is -2.27. The predicted molar refractivity (Wildman–Crippen MR) is 51.2 cm³/mol. The Morgan fingerprint density at radius 3 is 2.79 bits per heavy atom. The molecule has 0 bridgehead atoms. The standard InChI is InChI=1S/C10H12F2N2/c11-8-2-1-3-9(10(8)12)14-5-4-7(13)6-14/h1-3,7H,4-6,13H2. The molecule has 0 spiro atoms. The summed E-state index contributed by atoms with van der Waals surface area (Å²) in [5.74, 6) is -1.58. The molecule has 2 nitrogen and oxygen atoms in total. The van der Waals surface area contributed by atoms with Gasteiger partial charge in [0.1, 0.15) is 0 Å². The molecule has 4 heteroatoms. The first-order valence-corrected chi connectivity index (χ1v) is 4.63. The fourth-order valence-corrected chi connectivity index (χ4v) is 1.74. The smallest absolute Gasteiger partial charge is 0.182 e. The fraction of sp³-hybridized carbons (Fsp3) is 0.400. The van der Waals surface area contributed by atoms with Gasteiger partial charge in [0.05, 0.1) is 5.69 Å². The third-order valence-corrected chi connectivity index (χ3v) is 2.50. The Balaban J connectivity index is 2.28. The third-order valence-electron chi connectivity index (χ3n) is 2.50. The molecule has 76 valence electrons. The van der Waals surface area contributed by atoms with E-state index in [-0.39, 0.29) is 6.04 Å². The van der Waals surface area contributed by atoms with Crippen LogP contribution in [-0.2, 0) is 0 Å². The van der Waals surface area contributed by atoms with Crippen molar-refractivity contribution in [2.75, 3.05) is 18.0 Å². The first-order valence-electron chi connectivity index (χ1n) is 4.63. The molecular formula is C10H12F2N2. The van der Waals surface area contributed by atoms with Crippen LogP contribution in [0.1, 0.15) is 6.42 Å². The number of anilines is 1. The number of nitrogens with zero attached hydrogens (tertiary/aromatic N) is 1. The summed E-state index contributed by atoms with van der Waals surface area (Å²) in [7, 11) is 0. The number of hydrogen-bond acceptors (Lipinski definition) is 2. The van der Waals surface area contributed by atoms with Gasteiger partial charge < -0.3 is 10.6 Å². The second kappa shape index (κ2) is 3.53. The molecule has 0 radical (unpaired) electrons. The SMILES string of the molecule is NC1CCN(c2cccc(F)c2F)C1. The van der Waals surface area contributed by atoms with Crippen LogP contribution in [0, 0.1) is 11.6 Å². The molecule has 1 unspecified atom stereocenters. The molecule has 1 heterocycles. The fourth-order valence-electron chi connectivity index (χ4n) is 1.74. The van der Waals surface area contributed by atoms with Gasteiger partial charge in [-0.3, -0.25) is 0 Å². The van der Waals surface area contributed by atoms with E-state index in [0.717, 1.165) is 12.5 Å². The van der Waals surface area contributed by atoms with Crippen LogP contribution in [0.3, 0.4) is 0 Å². The van der Waals surface area contributed by atoms with E-state index in [1.54, 1.807) is 11.0 Å². The maximum atomic E-state index is 13.3. The lowest BCUT2D eigenvalue weighted by atomic mass is 10.2. The molecule has 1 aromatic carbocycles. The van der Waals surface area contributed by atoms with Crippen molar-refractivity contribution in [3.63, 3.8) is 0 Å². The van der Waals surface area contributed by atoms with Crippen molar-refractivity contribution >= 4 is 5.69 Å². The summed E-state index contributed by atoms with van der Waals surface area (Å²) in [4.78, 5) is 1.78. The minimum Gasteiger partial charge on any atom is -0.367 e. The molecule has 1 atom stereocenters. The van der Waals surface area contributed by atoms with E-state index in [1.807, 2.05) is 0 Å². The Morgan fingerprint density at radius 2 is 2.14 bits per heavy atom. The Bertz CT molecular complexity index is 341. The van der Waals surface area contributed by atoms with E-state index in [9.17, 15) is 8.78 Å². The van der Waals surface area contributed by atoms with E-state index in [0.29, 0.717) is 18.8 Å². The molecule has 1 saturated heterocycles. The van der Waals surface area contributed by atoms with Gasteiger partial charge in [-0.25, -0.2) is 8.78 Å². The second-order valence-electron chi connectivity index (χ2n) is 3.57.